The van der Waals surface area contributed by atoms with Crippen LogP contribution in [0.25, 0.3) is 0 Å². The average molecular weight is 387 g/mol. The van der Waals surface area contributed by atoms with Crippen LogP contribution in [0.1, 0.15) is 97.8 Å². The van der Waals surface area contributed by atoms with Crippen molar-refractivity contribution < 1.29 is 23.7 Å². The van der Waals surface area contributed by atoms with Crippen LogP contribution in [0.15, 0.2) is 0 Å². The average Bonchev–Trinajstić information content (AvgIpc) is 3.03. The van der Waals surface area contributed by atoms with Gasteiger partial charge < -0.3 is 18.9 Å². The summed E-state index contributed by atoms with van der Waals surface area (Å²) in [6, 6.07) is 0. The molecule has 0 N–H and O–H groups in total. The van der Waals surface area contributed by atoms with E-state index in [1.165, 1.54) is 57.8 Å². The van der Waals surface area contributed by atoms with Crippen LogP contribution in [0.3, 0.4) is 0 Å². The van der Waals surface area contributed by atoms with E-state index in [2.05, 4.69) is 6.92 Å². The highest BCUT2D eigenvalue weighted by molar-refractivity contribution is 5.69. The van der Waals surface area contributed by atoms with E-state index in [-0.39, 0.29) is 12.1 Å². The first kappa shape index (κ1) is 24.4. The van der Waals surface area contributed by atoms with Gasteiger partial charge in [0.1, 0.15) is 6.10 Å². The van der Waals surface area contributed by atoms with Gasteiger partial charge in [-0.15, -0.1) is 0 Å². The normalized spacial score (nSPS) is 22.3. The molecule has 5 nitrogen and oxygen atoms in total. The summed E-state index contributed by atoms with van der Waals surface area (Å²) in [4.78, 5) is 11.5. The molecule has 27 heavy (non-hydrogen) atoms. The van der Waals surface area contributed by atoms with Crippen LogP contribution < -0.4 is 0 Å². The van der Waals surface area contributed by atoms with Crippen LogP contribution in [0.5, 0.6) is 0 Å². The fraction of sp³-hybridized carbons (Fsp3) is 0.955. The monoisotopic (exact) mass is 386 g/mol. The highest BCUT2D eigenvalue weighted by atomic mass is 16.7. The van der Waals surface area contributed by atoms with Gasteiger partial charge in [-0.25, -0.2) is 0 Å². The second kappa shape index (κ2) is 15.3. The molecule has 1 fully saturated rings. The lowest BCUT2D eigenvalue weighted by Crippen LogP contribution is -2.29. The Balaban J connectivity index is 1.92. The topological polar surface area (TPSA) is 54.0 Å². The summed E-state index contributed by atoms with van der Waals surface area (Å²) in [5.41, 5.74) is 0. The van der Waals surface area contributed by atoms with Crippen molar-refractivity contribution in [1.82, 2.24) is 0 Å². The molecule has 0 radical (unpaired) electrons. The Labute approximate surface area is 166 Å². The number of carbonyl (C=O) groups excluding carboxylic acids is 1. The van der Waals surface area contributed by atoms with Gasteiger partial charge in [0.15, 0.2) is 5.79 Å². The number of hydrogen-bond donors (Lipinski definition) is 0. The third-order valence-electron chi connectivity index (χ3n) is 5.03. The van der Waals surface area contributed by atoms with Crippen LogP contribution >= 0.6 is 0 Å². The van der Waals surface area contributed by atoms with E-state index in [0.717, 1.165) is 13.0 Å². The van der Waals surface area contributed by atoms with Gasteiger partial charge in [-0.3, -0.25) is 4.79 Å². The van der Waals surface area contributed by atoms with E-state index in [1.807, 2.05) is 13.8 Å². The van der Waals surface area contributed by atoms with Crippen molar-refractivity contribution in [3.63, 3.8) is 0 Å². The molecule has 2 unspecified atom stereocenters. The maximum atomic E-state index is 11.5. The van der Waals surface area contributed by atoms with Crippen molar-refractivity contribution in [2.45, 2.75) is 110 Å². The van der Waals surface area contributed by atoms with E-state index in [0.29, 0.717) is 32.7 Å². The third kappa shape index (κ3) is 12.4. The van der Waals surface area contributed by atoms with Crippen LogP contribution in [0.4, 0.5) is 0 Å². The minimum atomic E-state index is -0.697. The molecular weight excluding hydrogens is 344 g/mol. The fourth-order valence-electron chi connectivity index (χ4n) is 3.37. The van der Waals surface area contributed by atoms with Gasteiger partial charge in [0.2, 0.25) is 0 Å². The molecule has 5 heteroatoms. The van der Waals surface area contributed by atoms with Crippen molar-refractivity contribution in [1.29, 1.82) is 0 Å². The maximum absolute atomic E-state index is 11.5. The highest BCUT2D eigenvalue weighted by Gasteiger charge is 2.37. The summed E-state index contributed by atoms with van der Waals surface area (Å²) >= 11 is 0. The van der Waals surface area contributed by atoms with Crippen LogP contribution in [0, 0.1) is 0 Å². The summed E-state index contributed by atoms with van der Waals surface area (Å²) in [7, 11) is 0. The zero-order valence-electron chi connectivity index (χ0n) is 17.9. The second-order valence-corrected chi connectivity index (χ2v) is 7.75. The van der Waals surface area contributed by atoms with Crippen molar-refractivity contribution in [3.8, 4) is 0 Å². The van der Waals surface area contributed by atoms with Crippen LogP contribution in [0.2, 0.25) is 0 Å². The maximum Gasteiger partial charge on any atom is 0.305 e. The van der Waals surface area contributed by atoms with Crippen molar-refractivity contribution >= 4 is 5.97 Å². The first-order valence-corrected chi connectivity index (χ1v) is 11.1. The Morgan fingerprint density at radius 1 is 1.00 bits per heavy atom. The Hall–Kier alpha value is -0.650. The molecule has 0 bridgehead atoms. The SMILES string of the molecule is CCCCCCCCCCCCOCC1COC(C)(CCC(=O)OCC)O1. The van der Waals surface area contributed by atoms with E-state index >= 15 is 0 Å². The molecule has 2 atom stereocenters. The minimum Gasteiger partial charge on any atom is -0.466 e. The van der Waals surface area contributed by atoms with Crippen LogP contribution in [-0.4, -0.2) is 44.3 Å². The molecular formula is C22H42O5. The van der Waals surface area contributed by atoms with Gasteiger partial charge in [-0.05, 0) is 20.3 Å². The lowest BCUT2D eigenvalue weighted by Gasteiger charge is -2.22. The van der Waals surface area contributed by atoms with Gasteiger partial charge in [0.25, 0.3) is 0 Å². The molecule has 0 saturated carbocycles. The number of esters is 1. The first-order valence-electron chi connectivity index (χ1n) is 11.1. The first-order chi connectivity index (χ1) is 13.1. The number of unbranched alkanes of at least 4 members (excludes halogenated alkanes) is 9. The van der Waals surface area contributed by atoms with E-state index in [4.69, 9.17) is 18.9 Å². The number of ether oxygens (including phenoxy) is 4. The quantitative estimate of drug-likeness (QED) is 0.247. The van der Waals surface area contributed by atoms with E-state index in [1.54, 1.807) is 0 Å². The summed E-state index contributed by atoms with van der Waals surface area (Å²) in [6.45, 7) is 8.24. The zero-order valence-corrected chi connectivity index (χ0v) is 17.9. The molecule has 0 spiro atoms. The molecule has 1 saturated heterocycles. The molecule has 0 aromatic carbocycles. The second-order valence-electron chi connectivity index (χ2n) is 7.75. The summed E-state index contributed by atoms with van der Waals surface area (Å²) in [6.07, 6.45) is 14.1. The summed E-state index contributed by atoms with van der Waals surface area (Å²) < 4.78 is 22.3. The predicted octanol–water partition coefficient (Wildman–Crippen LogP) is 5.40. The molecule has 0 aliphatic carbocycles. The lowest BCUT2D eigenvalue weighted by molar-refractivity contribution is -0.171. The highest BCUT2D eigenvalue weighted by Crippen LogP contribution is 2.28. The smallest absolute Gasteiger partial charge is 0.305 e. The third-order valence-corrected chi connectivity index (χ3v) is 5.03. The van der Waals surface area contributed by atoms with Gasteiger partial charge >= 0.3 is 5.97 Å². The van der Waals surface area contributed by atoms with Gasteiger partial charge in [0.05, 0.1) is 26.2 Å². The molecule has 1 aliphatic heterocycles. The molecule has 0 aromatic rings. The minimum absolute atomic E-state index is 0.0414. The van der Waals surface area contributed by atoms with Crippen molar-refractivity contribution in [2.75, 3.05) is 26.4 Å². The Morgan fingerprint density at radius 2 is 1.63 bits per heavy atom. The molecule has 1 rings (SSSR count). The number of rotatable bonds is 17. The molecule has 0 amide bonds. The standard InChI is InChI=1S/C22H42O5/c1-4-6-7-8-9-10-11-12-13-14-17-24-18-20-19-26-22(3,27-20)16-15-21(23)25-5-2/h20H,4-19H2,1-3H3. The Kier molecular flexibility index (Phi) is 13.8. The molecule has 1 aliphatic rings. The van der Waals surface area contributed by atoms with Crippen molar-refractivity contribution in [3.05, 3.63) is 0 Å². The van der Waals surface area contributed by atoms with E-state index in [9.17, 15) is 4.79 Å². The molecule has 0 aromatic heterocycles. The Morgan fingerprint density at radius 3 is 2.26 bits per heavy atom. The number of hydrogen-bond acceptors (Lipinski definition) is 5. The zero-order chi connectivity index (χ0) is 19.8. The Bertz CT molecular complexity index is 374. The van der Waals surface area contributed by atoms with Gasteiger partial charge in [-0.2, -0.15) is 0 Å². The lowest BCUT2D eigenvalue weighted by atomic mass is 10.1. The fourth-order valence-corrected chi connectivity index (χ4v) is 3.37. The molecule has 160 valence electrons. The largest absolute Gasteiger partial charge is 0.466 e. The number of carbonyl (C=O) groups is 1. The predicted molar refractivity (Wildman–Crippen MR) is 108 cm³/mol. The summed E-state index contributed by atoms with van der Waals surface area (Å²) in [5, 5.41) is 0. The molecule has 1 heterocycles. The summed E-state index contributed by atoms with van der Waals surface area (Å²) in [5.74, 6) is -0.899. The van der Waals surface area contributed by atoms with Gasteiger partial charge in [-0.1, -0.05) is 64.7 Å². The van der Waals surface area contributed by atoms with Crippen molar-refractivity contribution in [2.24, 2.45) is 0 Å². The van der Waals surface area contributed by atoms with Crippen LogP contribution in [-0.2, 0) is 23.7 Å². The van der Waals surface area contributed by atoms with E-state index < -0.39 is 5.79 Å². The van der Waals surface area contributed by atoms with Gasteiger partial charge in [0, 0.05) is 13.0 Å².